The van der Waals surface area contributed by atoms with Crippen molar-refractivity contribution < 1.29 is 17.6 Å². The van der Waals surface area contributed by atoms with E-state index in [1.165, 1.54) is 18.2 Å². The SMILES string of the molecule is CS(=O)(=O)NCc1ccc(NC(=O)c2ccccc2F)cc1. The Morgan fingerprint density at radius 2 is 1.73 bits per heavy atom. The molecule has 2 N–H and O–H groups in total. The Morgan fingerprint density at radius 1 is 1.09 bits per heavy atom. The molecule has 22 heavy (non-hydrogen) atoms. The first-order valence-corrected chi connectivity index (χ1v) is 8.34. The second-order valence-corrected chi connectivity index (χ2v) is 6.56. The molecule has 2 aromatic rings. The minimum atomic E-state index is -3.25. The minimum Gasteiger partial charge on any atom is -0.322 e. The lowest BCUT2D eigenvalue weighted by atomic mass is 10.1. The molecule has 1 amide bonds. The first-order chi connectivity index (χ1) is 10.3. The number of hydrogen-bond acceptors (Lipinski definition) is 3. The third-order valence-corrected chi connectivity index (χ3v) is 3.54. The number of rotatable bonds is 5. The van der Waals surface area contributed by atoms with Crippen molar-refractivity contribution in [2.45, 2.75) is 6.54 Å². The van der Waals surface area contributed by atoms with Gasteiger partial charge in [-0.1, -0.05) is 24.3 Å². The molecule has 0 atom stereocenters. The highest BCUT2D eigenvalue weighted by Gasteiger charge is 2.10. The van der Waals surface area contributed by atoms with Gasteiger partial charge in [0.2, 0.25) is 10.0 Å². The van der Waals surface area contributed by atoms with Gasteiger partial charge >= 0.3 is 0 Å². The lowest BCUT2D eigenvalue weighted by Crippen LogP contribution is -2.21. The zero-order valence-electron chi connectivity index (χ0n) is 11.8. The minimum absolute atomic E-state index is 0.0367. The van der Waals surface area contributed by atoms with E-state index < -0.39 is 21.7 Å². The van der Waals surface area contributed by atoms with Gasteiger partial charge in [0.25, 0.3) is 5.91 Å². The second kappa shape index (κ2) is 6.67. The molecule has 0 radical (unpaired) electrons. The van der Waals surface area contributed by atoms with E-state index in [2.05, 4.69) is 10.0 Å². The third-order valence-electron chi connectivity index (χ3n) is 2.87. The summed E-state index contributed by atoms with van der Waals surface area (Å²) in [6.45, 7) is 0.167. The number of benzene rings is 2. The topological polar surface area (TPSA) is 75.3 Å². The number of anilines is 1. The molecular formula is C15H15FN2O3S. The summed E-state index contributed by atoms with van der Waals surface area (Å²) in [5, 5.41) is 2.58. The normalized spacial score (nSPS) is 11.2. The summed E-state index contributed by atoms with van der Waals surface area (Å²) < 4.78 is 37.9. The highest BCUT2D eigenvalue weighted by molar-refractivity contribution is 7.88. The summed E-state index contributed by atoms with van der Waals surface area (Å²) in [6.07, 6.45) is 1.08. The van der Waals surface area contributed by atoms with Crippen molar-refractivity contribution in [1.29, 1.82) is 0 Å². The van der Waals surface area contributed by atoms with Crippen LogP contribution in [0.15, 0.2) is 48.5 Å². The molecule has 0 aliphatic rings. The van der Waals surface area contributed by atoms with E-state index in [0.717, 1.165) is 11.8 Å². The van der Waals surface area contributed by atoms with Crippen molar-refractivity contribution in [2.75, 3.05) is 11.6 Å². The Balaban J connectivity index is 2.02. The van der Waals surface area contributed by atoms with Crippen LogP contribution >= 0.6 is 0 Å². The molecule has 0 unspecified atom stereocenters. The van der Waals surface area contributed by atoms with Crippen molar-refractivity contribution >= 4 is 21.6 Å². The number of nitrogens with one attached hydrogen (secondary N) is 2. The van der Waals surface area contributed by atoms with Gasteiger partial charge in [-0.05, 0) is 29.8 Å². The standard InChI is InChI=1S/C15H15FN2O3S/c1-22(20,21)17-10-11-6-8-12(9-7-11)18-15(19)13-4-2-3-5-14(13)16/h2-9,17H,10H2,1H3,(H,18,19). The van der Waals surface area contributed by atoms with E-state index in [-0.39, 0.29) is 12.1 Å². The Morgan fingerprint density at radius 3 is 2.32 bits per heavy atom. The fourth-order valence-electron chi connectivity index (χ4n) is 1.76. The number of sulfonamides is 1. The molecule has 0 saturated carbocycles. The van der Waals surface area contributed by atoms with Crippen LogP contribution in [0.25, 0.3) is 0 Å². The molecule has 0 spiro atoms. The largest absolute Gasteiger partial charge is 0.322 e. The third kappa shape index (κ3) is 4.64. The lowest BCUT2D eigenvalue weighted by molar-refractivity contribution is 0.102. The quantitative estimate of drug-likeness (QED) is 0.885. The highest BCUT2D eigenvalue weighted by atomic mass is 32.2. The van der Waals surface area contributed by atoms with Gasteiger partial charge in [-0.15, -0.1) is 0 Å². The van der Waals surface area contributed by atoms with Gasteiger partial charge in [0.15, 0.2) is 0 Å². The molecule has 0 aliphatic heterocycles. The first-order valence-electron chi connectivity index (χ1n) is 6.44. The summed E-state index contributed by atoms with van der Waals surface area (Å²) in [5.41, 5.74) is 1.20. The van der Waals surface area contributed by atoms with E-state index in [9.17, 15) is 17.6 Å². The molecule has 0 heterocycles. The first kappa shape index (κ1) is 16.1. The average Bonchev–Trinajstić information content (AvgIpc) is 2.46. The Bertz CT molecular complexity index is 774. The Labute approximate surface area is 128 Å². The van der Waals surface area contributed by atoms with E-state index >= 15 is 0 Å². The summed E-state index contributed by atoms with van der Waals surface area (Å²) in [5.74, 6) is -1.13. The number of carbonyl (C=O) groups is 1. The fraction of sp³-hybridized carbons (Fsp3) is 0.133. The predicted molar refractivity (Wildman–Crippen MR) is 82.5 cm³/mol. The molecule has 2 rings (SSSR count). The molecular weight excluding hydrogens is 307 g/mol. The van der Waals surface area contributed by atoms with Gasteiger partial charge in [0.05, 0.1) is 11.8 Å². The van der Waals surface area contributed by atoms with Crippen molar-refractivity contribution in [3.63, 3.8) is 0 Å². The molecule has 0 aliphatic carbocycles. The number of amides is 1. The van der Waals surface area contributed by atoms with E-state index in [1.54, 1.807) is 30.3 Å². The average molecular weight is 322 g/mol. The van der Waals surface area contributed by atoms with Crippen LogP contribution in [0.2, 0.25) is 0 Å². The number of carbonyl (C=O) groups excluding carboxylic acids is 1. The predicted octanol–water partition coefficient (Wildman–Crippen LogP) is 2.13. The monoisotopic (exact) mass is 322 g/mol. The molecule has 0 saturated heterocycles. The zero-order chi connectivity index (χ0) is 16.2. The maximum Gasteiger partial charge on any atom is 0.258 e. The zero-order valence-corrected chi connectivity index (χ0v) is 12.7. The van der Waals surface area contributed by atoms with Crippen LogP contribution in [0, 0.1) is 5.82 Å². The maximum atomic E-state index is 13.5. The molecule has 5 nitrogen and oxygen atoms in total. The van der Waals surface area contributed by atoms with Crippen LogP contribution in [-0.4, -0.2) is 20.6 Å². The van der Waals surface area contributed by atoms with Crippen molar-refractivity contribution in [3.05, 3.63) is 65.5 Å². The van der Waals surface area contributed by atoms with E-state index in [4.69, 9.17) is 0 Å². The number of halogens is 1. The smallest absolute Gasteiger partial charge is 0.258 e. The molecule has 2 aromatic carbocycles. The lowest BCUT2D eigenvalue weighted by Gasteiger charge is -2.07. The van der Waals surface area contributed by atoms with Gasteiger partial charge in [-0.2, -0.15) is 0 Å². The molecule has 0 bridgehead atoms. The van der Waals surface area contributed by atoms with Gasteiger partial charge < -0.3 is 5.32 Å². The van der Waals surface area contributed by atoms with Gasteiger partial charge in [-0.3, -0.25) is 4.79 Å². The molecule has 0 aromatic heterocycles. The van der Waals surface area contributed by atoms with Gasteiger partial charge in [0.1, 0.15) is 5.82 Å². The summed E-state index contributed by atoms with van der Waals surface area (Å²) in [6, 6.07) is 12.3. The van der Waals surface area contributed by atoms with E-state index in [0.29, 0.717) is 5.69 Å². The van der Waals surface area contributed by atoms with Crippen LogP contribution in [0.3, 0.4) is 0 Å². The molecule has 7 heteroatoms. The summed E-state index contributed by atoms with van der Waals surface area (Å²) >= 11 is 0. The number of hydrogen-bond donors (Lipinski definition) is 2. The van der Waals surface area contributed by atoms with Gasteiger partial charge in [0, 0.05) is 12.2 Å². The fourth-order valence-corrected chi connectivity index (χ4v) is 2.19. The van der Waals surface area contributed by atoms with Crippen molar-refractivity contribution in [2.24, 2.45) is 0 Å². The van der Waals surface area contributed by atoms with Crippen LogP contribution in [0.4, 0.5) is 10.1 Å². The summed E-state index contributed by atoms with van der Waals surface area (Å²) in [4.78, 5) is 11.9. The maximum absolute atomic E-state index is 13.5. The van der Waals surface area contributed by atoms with Crippen molar-refractivity contribution in [3.8, 4) is 0 Å². The van der Waals surface area contributed by atoms with Crippen LogP contribution < -0.4 is 10.0 Å². The van der Waals surface area contributed by atoms with Crippen LogP contribution in [0.5, 0.6) is 0 Å². The van der Waals surface area contributed by atoms with Gasteiger partial charge in [-0.25, -0.2) is 17.5 Å². The Kier molecular flexibility index (Phi) is 4.89. The summed E-state index contributed by atoms with van der Waals surface area (Å²) in [7, 11) is -3.25. The van der Waals surface area contributed by atoms with Crippen molar-refractivity contribution in [1.82, 2.24) is 4.72 Å². The van der Waals surface area contributed by atoms with Crippen LogP contribution in [0.1, 0.15) is 15.9 Å². The highest BCUT2D eigenvalue weighted by Crippen LogP contribution is 2.13. The molecule has 116 valence electrons. The van der Waals surface area contributed by atoms with Crippen LogP contribution in [-0.2, 0) is 16.6 Å². The Hall–Kier alpha value is -2.25. The van der Waals surface area contributed by atoms with E-state index in [1.807, 2.05) is 0 Å². The second-order valence-electron chi connectivity index (χ2n) is 4.72. The molecule has 0 fully saturated rings.